The average molecular weight is 418 g/mol. The van der Waals surface area contributed by atoms with Gasteiger partial charge in [-0.1, -0.05) is 42.0 Å². The standard InChI is InChI=1S/C23H31NO4S/c1-17-8-10-18(11-9-17)14-15-29(27,28)24-23-20-13-12-19(16-20)21(23)6-4-2-3-5-7-22(25)26/h2,4,8-11,19-20,24H,3,5-7,12-16H2,1H3,(H,25,26). The van der Waals surface area contributed by atoms with Gasteiger partial charge in [-0.05, 0) is 68.9 Å². The predicted molar refractivity (Wildman–Crippen MR) is 115 cm³/mol. The molecule has 1 fully saturated rings. The Morgan fingerprint density at radius 1 is 1.17 bits per heavy atom. The zero-order valence-electron chi connectivity index (χ0n) is 17.1. The van der Waals surface area contributed by atoms with E-state index in [-0.39, 0.29) is 12.2 Å². The minimum Gasteiger partial charge on any atom is -0.481 e. The minimum absolute atomic E-state index is 0.0925. The third-order valence-corrected chi connectivity index (χ3v) is 7.26. The monoisotopic (exact) mass is 417 g/mol. The molecule has 158 valence electrons. The van der Waals surface area contributed by atoms with Gasteiger partial charge in [-0.3, -0.25) is 9.52 Å². The van der Waals surface area contributed by atoms with Gasteiger partial charge in [-0.2, -0.15) is 0 Å². The van der Waals surface area contributed by atoms with Crippen LogP contribution in [0.3, 0.4) is 0 Å². The van der Waals surface area contributed by atoms with E-state index >= 15 is 0 Å². The van der Waals surface area contributed by atoms with E-state index < -0.39 is 16.0 Å². The van der Waals surface area contributed by atoms with Crippen molar-refractivity contribution in [3.63, 3.8) is 0 Å². The Morgan fingerprint density at radius 2 is 1.90 bits per heavy atom. The molecule has 2 aliphatic rings. The molecule has 2 unspecified atom stereocenters. The lowest BCUT2D eigenvalue weighted by Crippen LogP contribution is -2.30. The summed E-state index contributed by atoms with van der Waals surface area (Å²) in [5, 5.41) is 8.69. The van der Waals surface area contributed by atoms with Crippen LogP contribution in [0.1, 0.15) is 56.1 Å². The fraction of sp³-hybridized carbons (Fsp3) is 0.522. The SMILES string of the molecule is Cc1ccc(CCS(=O)(=O)NC2=C(CC=CCCCC(=O)O)C3CCC2C3)cc1. The van der Waals surface area contributed by atoms with Gasteiger partial charge in [0, 0.05) is 18.0 Å². The number of aryl methyl sites for hydroxylation is 2. The van der Waals surface area contributed by atoms with E-state index in [1.807, 2.05) is 37.3 Å². The number of fused-ring (bicyclic) bond motifs is 2. The molecule has 1 aromatic carbocycles. The highest BCUT2D eigenvalue weighted by Gasteiger charge is 2.39. The van der Waals surface area contributed by atoms with Gasteiger partial charge in [0.05, 0.1) is 5.75 Å². The van der Waals surface area contributed by atoms with Gasteiger partial charge in [-0.25, -0.2) is 8.42 Å². The Balaban J connectivity index is 1.59. The highest BCUT2D eigenvalue weighted by molar-refractivity contribution is 7.89. The highest BCUT2D eigenvalue weighted by Crippen LogP contribution is 2.49. The number of hydrogen-bond donors (Lipinski definition) is 2. The van der Waals surface area contributed by atoms with Gasteiger partial charge in [-0.15, -0.1) is 0 Å². The minimum atomic E-state index is -3.37. The van der Waals surface area contributed by atoms with Crippen LogP contribution in [0.2, 0.25) is 0 Å². The third kappa shape index (κ3) is 6.20. The Labute approximate surface area is 174 Å². The molecule has 3 rings (SSSR count). The van der Waals surface area contributed by atoms with Crippen molar-refractivity contribution < 1.29 is 18.3 Å². The predicted octanol–water partition coefficient (Wildman–Crippen LogP) is 4.34. The highest BCUT2D eigenvalue weighted by atomic mass is 32.2. The Hall–Kier alpha value is -2.08. The maximum absolute atomic E-state index is 12.7. The maximum atomic E-state index is 12.7. The van der Waals surface area contributed by atoms with Crippen LogP contribution in [0.4, 0.5) is 0 Å². The number of unbranched alkanes of at least 4 members (excludes halogenated alkanes) is 1. The lowest BCUT2D eigenvalue weighted by Gasteiger charge is -2.21. The summed E-state index contributed by atoms with van der Waals surface area (Å²) in [7, 11) is -3.37. The summed E-state index contributed by atoms with van der Waals surface area (Å²) in [6, 6.07) is 7.99. The largest absolute Gasteiger partial charge is 0.481 e. The number of allylic oxidation sites excluding steroid dienone is 4. The molecule has 0 radical (unpaired) electrons. The molecule has 2 aliphatic carbocycles. The zero-order valence-corrected chi connectivity index (χ0v) is 17.9. The second kappa shape index (κ2) is 9.61. The number of sulfonamides is 1. The molecule has 29 heavy (non-hydrogen) atoms. The summed E-state index contributed by atoms with van der Waals surface area (Å²) < 4.78 is 28.3. The Bertz CT molecular complexity index is 884. The summed E-state index contributed by atoms with van der Waals surface area (Å²) in [4.78, 5) is 10.6. The van der Waals surface area contributed by atoms with E-state index in [1.165, 1.54) is 11.1 Å². The molecule has 2 N–H and O–H groups in total. The molecule has 1 saturated carbocycles. The molecule has 5 nitrogen and oxygen atoms in total. The zero-order chi connectivity index (χ0) is 20.9. The number of benzene rings is 1. The van der Waals surface area contributed by atoms with Gasteiger partial charge >= 0.3 is 5.97 Å². The summed E-state index contributed by atoms with van der Waals surface area (Å²) in [5.74, 6) is 0.148. The first-order chi connectivity index (χ1) is 13.8. The first-order valence-corrected chi connectivity index (χ1v) is 12.1. The van der Waals surface area contributed by atoms with Gasteiger partial charge in [0.1, 0.15) is 0 Å². The van der Waals surface area contributed by atoms with Crippen molar-refractivity contribution in [2.75, 3.05) is 5.75 Å². The van der Waals surface area contributed by atoms with E-state index in [9.17, 15) is 13.2 Å². The van der Waals surface area contributed by atoms with Crippen LogP contribution < -0.4 is 4.72 Å². The number of carboxylic acids is 1. The molecular formula is C23H31NO4S. The fourth-order valence-electron chi connectivity index (χ4n) is 4.39. The van der Waals surface area contributed by atoms with E-state index in [0.717, 1.165) is 43.4 Å². The number of aliphatic carboxylic acids is 1. The van der Waals surface area contributed by atoms with Crippen LogP contribution in [0, 0.1) is 18.8 Å². The lowest BCUT2D eigenvalue weighted by atomic mass is 9.93. The first kappa shape index (κ1) is 21.6. The van der Waals surface area contributed by atoms with E-state index in [0.29, 0.717) is 24.7 Å². The Morgan fingerprint density at radius 3 is 2.62 bits per heavy atom. The van der Waals surface area contributed by atoms with E-state index in [2.05, 4.69) is 10.8 Å². The van der Waals surface area contributed by atoms with Gasteiger partial charge in [0.15, 0.2) is 0 Å². The number of nitrogens with one attached hydrogen (secondary N) is 1. The quantitative estimate of drug-likeness (QED) is 0.414. The van der Waals surface area contributed by atoms with Crippen LogP contribution in [-0.2, 0) is 21.2 Å². The topological polar surface area (TPSA) is 83.5 Å². The number of hydrogen-bond acceptors (Lipinski definition) is 3. The van der Waals surface area contributed by atoms with Crippen molar-refractivity contribution in [1.82, 2.24) is 4.72 Å². The molecule has 0 saturated heterocycles. The maximum Gasteiger partial charge on any atom is 0.303 e. The molecule has 2 bridgehead atoms. The van der Waals surface area contributed by atoms with Gasteiger partial charge < -0.3 is 5.11 Å². The number of rotatable bonds is 11. The normalized spacial score (nSPS) is 21.3. The lowest BCUT2D eigenvalue weighted by molar-refractivity contribution is -0.137. The summed E-state index contributed by atoms with van der Waals surface area (Å²) in [6.45, 7) is 2.02. The molecule has 0 aliphatic heterocycles. The number of carbonyl (C=O) groups is 1. The van der Waals surface area contributed by atoms with Crippen molar-refractivity contribution in [1.29, 1.82) is 0 Å². The molecule has 0 heterocycles. The van der Waals surface area contributed by atoms with Gasteiger partial charge in [0.2, 0.25) is 10.0 Å². The van der Waals surface area contributed by atoms with Gasteiger partial charge in [0.25, 0.3) is 0 Å². The number of carboxylic acid groups (broad SMARTS) is 1. The van der Waals surface area contributed by atoms with Crippen molar-refractivity contribution in [3.8, 4) is 0 Å². The van der Waals surface area contributed by atoms with Crippen molar-refractivity contribution in [2.45, 2.75) is 58.3 Å². The second-order valence-electron chi connectivity index (χ2n) is 8.26. The van der Waals surface area contributed by atoms with E-state index in [4.69, 9.17) is 5.11 Å². The van der Waals surface area contributed by atoms with E-state index in [1.54, 1.807) is 0 Å². The van der Waals surface area contributed by atoms with Crippen LogP contribution in [0.15, 0.2) is 47.7 Å². The molecule has 1 aromatic rings. The van der Waals surface area contributed by atoms with Crippen molar-refractivity contribution >= 4 is 16.0 Å². The van der Waals surface area contributed by atoms with Crippen molar-refractivity contribution in [2.24, 2.45) is 11.8 Å². The van der Waals surface area contributed by atoms with Crippen LogP contribution in [0.25, 0.3) is 0 Å². The van der Waals surface area contributed by atoms with Crippen molar-refractivity contribution in [3.05, 3.63) is 58.8 Å². The Kier molecular flexibility index (Phi) is 7.17. The molecule has 0 amide bonds. The first-order valence-electron chi connectivity index (χ1n) is 10.5. The van der Waals surface area contributed by atoms with Crippen LogP contribution in [0.5, 0.6) is 0 Å². The fourth-order valence-corrected chi connectivity index (χ4v) is 5.63. The van der Waals surface area contributed by atoms with Crippen LogP contribution >= 0.6 is 0 Å². The molecule has 2 atom stereocenters. The molecule has 0 aromatic heterocycles. The average Bonchev–Trinajstić information content (AvgIpc) is 3.26. The third-order valence-electron chi connectivity index (χ3n) is 5.99. The molecule has 0 spiro atoms. The van der Waals surface area contributed by atoms with Crippen LogP contribution in [-0.4, -0.2) is 25.2 Å². The summed E-state index contributed by atoms with van der Waals surface area (Å²) in [6.07, 6.45) is 10.2. The summed E-state index contributed by atoms with van der Waals surface area (Å²) in [5.41, 5.74) is 4.37. The molecule has 6 heteroatoms. The smallest absolute Gasteiger partial charge is 0.303 e. The second-order valence-corrected chi connectivity index (χ2v) is 10.1. The molecular weight excluding hydrogens is 386 g/mol. The summed E-state index contributed by atoms with van der Waals surface area (Å²) >= 11 is 0.